The zero-order valence-corrected chi connectivity index (χ0v) is 15.9. The van der Waals surface area contributed by atoms with Gasteiger partial charge in [0, 0.05) is 11.9 Å². The number of aryl methyl sites for hydroxylation is 1. The maximum absolute atomic E-state index is 12.5. The summed E-state index contributed by atoms with van der Waals surface area (Å²) in [4.78, 5) is 21.4. The Labute approximate surface area is 158 Å². The van der Waals surface area contributed by atoms with Crippen molar-refractivity contribution in [2.75, 3.05) is 11.9 Å². The Kier molecular flexibility index (Phi) is 3.94. The monoisotopic (exact) mass is 364 g/mol. The first-order chi connectivity index (χ1) is 12.8. The molecule has 2 heterocycles. The number of amidine groups is 1. The number of nitrogens with two attached hydrogens (primary N) is 1. The van der Waals surface area contributed by atoms with Gasteiger partial charge in [-0.2, -0.15) is 0 Å². The molecule has 6 heteroatoms. The summed E-state index contributed by atoms with van der Waals surface area (Å²) >= 11 is 0. The Bertz CT molecular complexity index is 934. The molecular weight excluding hydrogens is 340 g/mol. The van der Waals surface area contributed by atoms with Gasteiger partial charge in [-0.25, -0.2) is 4.99 Å². The molecule has 0 saturated carbocycles. The lowest BCUT2D eigenvalue weighted by atomic mass is 9.65. The molecule has 0 fully saturated rings. The average Bonchev–Trinajstić information content (AvgIpc) is 2.96. The largest absolute Gasteiger partial charge is 0.462 e. The van der Waals surface area contributed by atoms with E-state index >= 15 is 0 Å². The minimum Gasteiger partial charge on any atom is -0.462 e. The van der Waals surface area contributed by atoms with E-state index in [1.54, 1.807) is 12.3 Å². The molecule has 1 aliphatic carbocycles. The van der Waals surface area contributed by atoms with E-state index in [0.29, 0.717) is 12.3 Å². The third-order valence-corrected chi connectivity index (χ3v) is 5.24. The highest BCUT2D eigenvalue weighted by molar-refractivity contribution is 6.02. The molecule has 27 heavy (non-hydrogen) atoms. The molecular formula is C21H24N4O2. The van der Waals surface area contributed by atoms with E-state index in [0.717, 1.165) is 29.7 Å². The predicted molar refractivity (Wildman–Crippen MR) is 105 cm³/mol. The van der Waals surface area contributed by atoms with E-state index in [9.17, 15) is 4.79 Å². The highest BCUT2D eigenvalue weighted by Gasteiger charge is 2.47. The number of hydrogen-bond donors (Lipinski definition) is 2. The number of carbonyl (C=O) groups excluding carboxylic acids is 1. The molecule has 140 valence electrons. The maximum atomic E-state index is 12.5. The molecule has 3 N–H and O–H groups in total. The van der Waals surface area contributed by atoms with Crippen LogP contribution in [0, 0.1) is 12.3 Å². The highest BCUT2D eigenvalue weighted by Crippen LogP contribution is 2.49. The molecule has 1 atom stereocenters. The SMILES string of the molecule is Cc1ccc(C(=O)Nc2ccc3c(c2)C2(COC(N)=N2)CC(C)(C)C3)nc1. The Morgan fingerprint density at radius 1 is 1.26 bits per heavy atom. The van der Waals surface area contributed by atoms with Gasteiger partial charge in [0.25, 0.3) is 11.9 Å². The first kappa shape index (κ1) is 17.5. The summed E-state index contributed by atoms with van der Waals surface area (Å²) in [6, 6.07) is 9.84. The van der Waals surface area contributed by atoms with Crippen molar-refractivity contribution in [3.05, 3.63) is 58.9 Å². The van der Waals surface area contributed by atoms with Crippen molar-refractivity contribution in [2.24, 2.45) is 16.1 Å². The fourth-order valence-corrected chi connectivity index (χ4v) is 4.20. The minimum atomic E-state index is -0.482. The van der Waals surface area contributed by atoms with Crippen LogP contribution in [-0.4, -0.2) is 23.5 Å². The second-order valence-electron chi connectivity index (χ2n) is 8.33. The molecule has 1 amide bonds. The van der Waals surface area contributed by atoms with Gasteiger partial charge >= 0.3 is 0 Å². The Morgan fingerprint density at radius 2 is 2.07 bits per heavy atom. The summed E-state index contributed by atoms with van der Waals surface area (Å²) in [5.74, 6) is -0.231. The van der Waals surface area contributed by atoms with Crippen LogP contribution < -0.4 is 11.1 Å². The number of anilines is 1. The number of hydrogen-bond acceptors (Lipinski definition) is 5. The molecule has 1 aromatic carbocycles. The Morgan fingerprint density at radius 3 is 2.74 bits per heavy atom. The van der Waals surface area contributed by atoms with Gasteiger partial charge < -0.3 is 15.8 Å². The Balaban J connectivity index is 1.67. The third-order valence-electron chi connectivity index (χ3n) is 5.24. The number of nitrogens with zero attached hydrogens (tertiary/aromatic N) is 2. The number of pyridine rings is 1. The van der Waals surface area contributed by atoms with Gasteiger partial charge in [-0.05, 0) is 60.1 Å². The molecule has 6 nitrogen and oxygen atoms in total. The number of aromatic nitrogens is 1. The van der Waals surface area contributed by atoms with Crippen LogP contribution in [0.3, 0.4) is 0 Å². The normalized spacial score (nSPS) is 22.7. The van der Waals surface area contributed by atoms with Gasteiger partial charge in [-0.1, -0.05) is 26.0 Å². The van der Waals surface area contributed by atoms with Gasteiger partial charge in [-0.15, -0.1) is 0 Å². The molecule has 0 bridgehead atoms. The van der Waals surface area contributed by atoms with Crippen molar-refractivity contribution in [3.8, 4) is 0 Å². The first-order valence-corrected chi connectivity index (χ1v) is 9.12. The molecule has 0 saturated heterocycles. The van der Waals surface area contributed by atoms with Crippen LogP contribution in [0.25, 0.3) is 0 Å². The van der Waals surface area contributed by atoms with E-state index in [4.69, 9.17) is 10.5 Å². The number of amides is 1. The van der Waals surface area contributed by atoms with Crippen LogP contribution in [0.15, 0.2) is 41.5 Å². The van der Waals surface area contributed by atoms with Crippen LogP contribution in [0.5, 0.6) is 0 Å². The number of benzene rings is 1. The Hall–Kier alpha value is -2.89. The van der Waals surface area contributed by atoms with Crippen LogP contribution in [0.4, 0.5) is 5.69 Å². The molecule has 0 radical (unpaired) electrons. The summed E-state index contributed by atoms with van der Waals surface area (Å²) < 4.78 is 5.53. The van der Waals surface area contributed by atoms with Crippen molar-refractivity contribution >= 4 is 17.6 Å². The molecule has 1 unspecified atom stereocenters. The molecule has 2 aromatic rings. The van der Waals surface area contributed by atoms with E-state index in [2.05, 4.69) is 35.2 Å². The summed E-state index contributed by atoms with van der Waals surface area (Å²) in [6.07, 6.45) is 3.49. The summed E-state index contributed by atoms with van der Waals surface area (Å²) in [6.45, 7) is 6.85. The van der Waals surface area contributed by atoms with Crippen molar-refractivity contribution in [2.45, 2.75) is 39.2 Å². The zero-order valence-electron chi connectivity index (χ0n) is 15.9. The molecule has 4 rings (SSSR count). The molecule has 1 aliphatic heterocycles. The van der Waals surface area contributed by atoms with Gasteiger partial charge in [0.05, 0.1) is 0 Å². The summed E-state index contributed by atoms with van der Waals surface area (Å²) in [5.41, 5.74) is 9.89. The first-order valence-electron chi connectivity index (χ1n) is 9.12. The second-order valence-corrected chi connectivity index (χ2v) is 8.33. The molecule has 1 aromatic heterocycles. The average molecular weight is 364 g/mol. The lowest BCUT2D eigenvalue weighted by Crippen LogP contribution is -2.39. The maximum Gasteiger partial charge on any atom is 0.283 e. The van der Waals surface area contributed by atoms with Gasteiger partial charge in [0.1, 0.15) is 17.8 Å². The lowest BCUT2D eigenvalue weighted by molar-refractivity contribution is 0.102. The van der Waals surface area contributed by atoms with Gasteiger partial charge in [-0.3, -0.25) is 9.78 Å². The van der Waals surface area contributed by atoms with E-state index < -0.39 is 5.54 Å². The lowest BCUT2D eigenvalue weighted by Gasteiger charge is -2.41. The van der Waals surface area contributed by atoms with Crippen LogP contribution in [-0.2, 0) is 16.7 Å². The van der Waals surface area contributed by atoms with E-state index in [-0.39, 0.29) is 17.3 Å². The molecule has 2 aliphatic rings. The fourth-order valence-electron chi connectivity index (χ4n) is 4.20. The van der Waals surface area contributed by atoms with Crippen molar-refractivity contribution < 1.29 is 9.53 Å². The van der Waals surface area contributed by atoms with Crippen molar-refractivity contribution in [3.63, 3.8) is 0 Å². The van der Waals surface area contributed by atoms with Gasteiger partial charge in [0.15, 0.2) is 0 Å². The highest BCUT2D eigenvalue weighted by atomic mass is 16.5. The van der Waals surface area contributed by atoms with Crippen LogP contribution >= 0.6 is 0 Å². The summed E-state index contributed by atoms with van der Waals surface area (Å²) in [7, 11) is 0. The van der Waals surface area contributed by atoms with Crippen LogP contribution in [0.2, 0.25) is 0 Å². The smallest absolute Gasteiger partial charge is 0.283 e. The number of rotatable bonds is 2. The number of aliphatic imine (C=N–C) groups is 1. The predicted octanol–water partition coefficient (Wildman–Crippen LogP) is 3.15. The van der Waals surface area contributed by atoms with E-state index in [1.807, 2.05) is 25.1 Å². The van der Waals surface area contributed by atoms with E-state index in [1.165, 1.54) is 5.56 Å². The topological polar surface area (TPSA) is 89.6 Å². The van der Waals surface area contributed by atoms with Crippen molar-refractivity contribution in [1.29, 1.82) is 0 Å². The van der Waals surface area contributed by atoms with Crippen LogP contribution in [0.1, 0.15) is 47.4 Å². The molecule has 1 spiro atoms. The standard InChI is InChI=1S/C21H24N4O2/c1-13-4-7-17(23-10-13)18(26)24-15-6-5-14-9-20(2,3)11-21(16(14)8-15)12-27-19(22)25-21/h4-8,10H,9,11-12H2,1-3H3,(H2,22,25)(H,24,26). The number of nitrogens with one attached hydrogen (secondary N) is 1. The van der Waals surface area contributed by atoms with Crippen molar-refractivity contribution in [1.82, 2.24) is 4.98 Å². The third kappa shape index (κ3) is 3.27. The fraction of sp³-hybridized carbons (Fsp3) is 0.381. The quantitative estimate of drug-likeness (QED) is 0.856. The summed E-state index contributed by atoms with van der Waals surface area (Å²) in [5, 5.41) is 2.94. The second kappa shape index (κ2) is 6.08. The van der Waals surface area contributed by atoms with Gasteiger partial charge in [0.2, 0.25) is 0 Å². The number of ether oxygens (including phenoxy) is 1. The number of carbonyl (C=O) groups is 1. The zero-order chi connectivity index (χ0) is 19.2. The number of fused-ring (bicyclic) bond motifs is 2. The minimum absolute atomic E-state index is 0.0983.